The van der Waals surface area contributed by atoms with Gasteiger partial charge in [0.25, 0.3) is 0 Å². The molecule has 0 aliphatic carbocycles. The number of allylic oxidation sites excluding steroid dienone is 1. The Labute approximate surface area is 120 Å². The van der Waals surface area contributed by atoms with Crippen molar-refractivity contribution in [2.45, 2.75) is 18.9 Å². The van der Waals surface area contributed by atoms with Crippen LogP contribution < -0.4 is 4.90 Å². The number of anilines is 1. The zero-order chi connectivity index (χ0) is 14.4. The Hall–Kier alpha value is -1.52. The average Bonchev–Trinajstić information content (AvgIpc) is 2.46. The van der Waals surface area contributed by atoms with Crippen molar-refractivity contribution in [1.29, 1.82) is 0 Å². The van der Waals surface area contributed by atoms with E-state index in [1.807, 2.05) is 18.2 Å². The second kappa shape index (κ2) is 7.31. The molecule has 0 radical (unpaired) electrons. The first-order chi connectivity index (χ1) is 9.69. The summed E-state index contributed by atoms with van der Waals surface area (Å²) in [5.41, 5.74) is 1.07. The van der Waals surface area contributed by atoms with Gasteiger partial charge in [-0.25, -0.2) is 0 Å². The highest BCUT2D eigenvalue weighted by Gasteiger charge is 2.19. The lowest BCUT2D eigenvalue weighted by Crippen LogP contribution is -2.48. The van der Waals surface area contributed by atoms with Crippen LogP contribution in [-0.4, -0.2) is 53.9 Å². The Morgan fingerprint density at radius 1 is 1.25 bits per heavy atom. The summed E-state index contributed by atoms with van der Waals surface area (Å²) < 4.78 is 0. The number of β-amino-alcohol motifs (C(OH)–C–C–N with tert-alkyl or cyclic N) is 1. The van der Waals surface area contributed by atoms with E-state index in [4.69, 9.17) is 0 Å². The molecule has 0 amide bonds. The summed E-state index contributed by atoms with van der Waals surface area (Å²) in [5, 5.41) is 19.4. The van der Waals surface area contributed by atoms with Crippen LogP contribution in [0.2, 0.25) is 0 Å². The van der Waals surface area contributed by atoms with Gasteiger partial charge in [0.1, 0.15) is 5.75 Å². The van der Waals surface area contributed by atoms with Gasteiger partial charge in [0.15, 0.2) is 0 Å². The molecule has 2 rings (SSSR count). The SMILES string of the molecule is C=CCCC(O)CN1CCN(c2cccc(O)c2)CC1. The minimum Gasteiger partial charge on any atom is -0.508 e. The lowest BCUT2D eigenvalue weighted by molar-refractivity contribution is 0.103. The van der Waals surface area contributed by atoms with E-state index >= 15 is 0 Å². The van der Waals surface area contributed by atoms with Gasteiger partial charge >= 0.3 is 0 Å². The largest absolute Gasteiger partial charge is 0.508 e. The van der Waals surface area contributed by atoms with Crippen molar-refractivity contribution >= 4 is 5.69 Å². The Kier molecular flexibility index (Phi) is 5.44. The topological polar surface area (TPSA) is 46.9 Å². The molecule has 1 fully saturated rings. The van der Waals surface area contributed by atoms with Gasteiger partial charge in [-0.05, 0) is 25.0 Å². The number of piperazine rings is 1. The standard InChI is InChI=1S/C16H24N2O2/c1-2-3-6-16(20)13-17-8-10-18(11-9-17)14-5-4-7-15(19)12-14/h2,4-5,7,12,16,19-20H,1,3,6,8-11,13H2. The smallest absolute Gasteiger partial charge is 0.117 e. The Morgan fingerprint density at radius 3 is 2.65 bits per heavy atom. The molecule has 1 heterocycles. The van der Waals surface area contributed by atoms with Crippen molar-refractivity contribution in [3.8, 4) is 5.75 Å². The lowest BCUT2D eigenvalue weighted by atomic mass is 10.1. The number of benzene rings is 1. The van der Waals surface area contributed by atoms with E-state index in [1.54, 1.807) is 12.1 Å². The quantitative estimate of drug-likeness (QED) is 0.778. The molecule has 0 aromatic heterocycles. The van der Waals surface area contributed by atoms with Gasteiger partial charge < -0.3 is 15.1 Å². The molecule has 1 aliphatic rings. The van der Waals surface area contributed by atoms with Crippen molar-refractivity contribution in [1.82, 2.24) is 4.90 Å². The van der Waals surface area contributed by atoms with E-state index in [-0.39, 0.29) is 6.10 Å². The van der Waals surface area contributed by atoms with Crippen molar-refractivity contribution in [3.05, 3.63) is 36.9 Å². The molecule has 0 bridgehead atoms. The second-order valence-corrected chi connectivity index (χ2v) is 5.33. The summed E-state index contributed by atoms with van der Waals surface area (Å²) in [6, 6.07) is 7.38. The molecule has 1 aromatic rings. The van der Waals surface area contributed by atoms with Crippen LogP contribution in [0.15, 0.2) is 36.9 Å². The molecule has 0 spiro atoms. The third kappa shape index (κ3) is 4.25. The predicted molar refractivity (Wildman–Crippen MR) is 82.2 cm³/mol. The first kappa shape index (κ1) is 14.9. The minimum absolute atomic E-state index is 0.264. The van der Waals surface area contributed by atoms with Crippen LogP contribution in [0.1, 0.15) is 12.8 Å². The highest BCUT2D eigenvalue weighted by Crippen LogP contribution is 2.21. The summed E-state index contributed by atoms with van der Waals surface area (Å²) in [6.45, 7) is 8.16. The Balaban J connectivity index is 1.79. The van der Waals surface area contributed by atoms with Crippen LogP contribution in [-0.2, 0) is 0 Å². The number of phenols is 1. The number of nitrogens with zero attached hydrogens (tertiary/aromatic N) is 2. The molecule has 110 valence electrons. The summed E-state index contributed by atoms with van der Waals surface area (Å²) >= 11 is 0. The number of phenolic OH excluding ortho intramolecular Hbond substituents is 1. The number of hydrogen-bond donors (Lipinski definition) is 2. The fourth-order valence-electron chi connectivity index (χ4n) is 2.58. The molecule has 0 saturated carbocycles. The van der Waals surface area contributed by atoms with Crippen molar-refractivity contribution in [2.75, 3.05) is 37.6 Å². The van der Waals surface area contributed by atoms with Gasteiger partial charge in [0, 0.05) is 44.5 Å². The zero-order valence-corrected chi connectivity index (χ0v) is 11.9. The van der Waals surface area contributed by atoms with Crippen molar-refractivity contribution in [2.24, 2.45) is 0 Å². The molecule has 2 N–H and O–H groups in total. The molecule has 20 heavy (non-hydrogen) atoms. The fraction of sp³-hybridized carbons (Fsp3) is 0.500. The molecule has 1 saturated heterocycles. The second-order valence-electron chi connectivity index (χ2n) is 5.33. The van der Waals surface area contributed by atoms with Crippen LogP contribution in [0.5, 0.6) is 5.75 Å². The third-order valence-corrected chi connectivity index (χ3v) is 3.74. The minimum atomic E-state index is -0.264. The Morgan fingerprint density at radius 2 is 2.00 bits per heavy atom. The highest BCUT2D eigenvalue weighted by molar-refractivity contribution is 5.50. The third-order valence-electron chi connectivity index (χ3n) is 3.74. The van der Waals surface area contributed by atoms with Crippen LogP contribution >= 0.6 is 0 Å². The number of aliphatic hydroxyl groups excluding tert-OH is 1. The maximum atomic E-state index is 9.92. The van der Waals surface area contributed by atoms with Crippen molar-refractivity contribution in [3.63, 3.8) is 0 Å². The zero-order valence-electron chi connectivity index (χ0n) is 11.9. The molecule has 1 atom stereocenters. The number of aliphatic hydroxyl groups is 1. The van der Waals surface area contributed by atoms with E-state index in [9.17, 15) is 10.2 Å². The molecule has 1 unspecified atom stereocenters. The van der Waals surface area contributed by atoms with Gasteiger partial charge in [-0.3, -0.25) is 4.90 Å². The average molecular weight is 276 g/mol. The summed E-state index contributed by atoms with van der Waals surface area (Å²) in [6.07, 6.45) is 3.24. The molecule has 1 aliphatic heterocycles. The maximum Gasteiger partial charge on any atom is 0.117 e. The number of aromatic hydroxyl groups is 1. The van der Waals surface area contributed by atoms with Gasteiger partial charge in [-0.1, -0.05) is 12.1 Å². The highest BCUT2D eigenvalue weighted by atomic mass is 16.3. The van der Waals surface area contributed by atoms with Gasteiger partial charge in [0.05, 0.1) is 6.10 Å². The van der Waals surface area contributed by atoms with Crippen LogP contribution in [0.3, 0.4) is 0 Å². The van der Waals surface area contributed by atoms with Crippen molar-refractivity contribution < 1.29 is 10.2 Å². The fourth-order valence-corrected chi connectivity index (χ4v) is 2.58. The van der Waals surface area contributed by atoms with E-state index in [2.05, 4.69) is 16.4 Å². The number of hydrogen-bond acceptors (Lipinski definition) is 4. The Bertz CT molecular complexity index is 428. The summed E-state index contributed by atoms with van der Waals surface area (Å²) in [4.78, 5) is 4.57. The first-order valence-electron chi connectivity index (χ1n) is 7.24. The van der Waals surface area contributed by atoms with Crippen LogP contribution in [0.4, 0.5) is 5.69 Å². The van der Waals surface area contributed by atoms with E-state index in [0.29, 0.717) is 5.75 Å². The molecule has 1 aromatic carbocycles. The predicted octanol–water partition coefficient (Wildman–Crippen LogP) is 1.84. The normalized spacial score (nSPS) is 17.9. The molecule has 4 heteroatoms. The van der Waals surface area contributed by atoms with E-state index < -0.39 is 0 Å². The van der Waals surface area contributed by atoms with Crippen LogP contribution in [0.25, 0.3) is 0 Å². The van der Waals surface area contributed by atoms with Gasteiger partial charge in [-0.15, -0.1) is 6.58 Å². The molecular formula is C16H24N2O2. The summed E-state index contributed by atoms with van der Waals surface area (Å²) in [7, 11) is 0. The monoisotopic (exact) mass is 276 g/mol. The maximum absolute atomic E-state index is 9.92. The molecular weight excluding hydrogens is 252 g/mol. The van der Waals surface area contributed by atoms with E-state index in [0.717, 1.165) is 51.3 Å². The van der Waals surface area contributed by atoms with Gasteiger partial charge in [-0.2, -0.15) is 0 Å². The lowest BCUT2D eigenvalue weighted by Gasteiger charge is -2.36. The van der Waals surface area contributed by atoms with Gasteiger partial charge in [0.2, 0.25) is 0 Å². The number of rotatable bonds is 6. The van der Waals surface area contributed by atoms with E-state index in [1.165, 1.54) is 0 Å². The van der Waals surface area contributed by atoms with Crippen LogP contribution in [0, 0.1) is 0 Å². The molecule has 4 nitrogen and oxygen atoms in total. The first-order valence-corrected chi connectivity index (χ1v) is 7.24. The summed E-state index contributed by atoms with van der Waals surface area (Å²) in [5.74, 6) is 0.310.